The number of nitrogens with zero attached hydrogens (tertiary/aromatic N) is 4. The molecule has 2 aromatic carbocycles. The Morgan fingerprint density at radius 2 is 1.95 bits per heavy atom. The van der Waals surface area contributed by atoms with Crippen LogP contribution in [0.2, 0.25) is 5.02 Å². The maximum Gasteiger partial charge on any atom is 0.139 e. The van der Waals surface area contributed by atoms with Crippen LogP contribution in [0, 0.1) is 12.7 Å². The van der Waals surface area contributed by atoms with E-state index in [9.17, 15) is 4.39 Å². The lowest BCUT2D eigenvalue weighted by Crippen LogP contribution is -2.33. The van der Waals surface area contributed by atoms with E-state index in [1.54, 1.807) is 23.2 Å². The molecule has 7 heteroatoms. The number of anilines is 2. The van der Waals surface area contributed by atoms with Gasteiger partial charge in [-0.3, -0.25) is 0 Å². The molecule has 0 aliphatic carbocycles. The van der Waals surface area contributed by atoms with Crippen molar-refractivity contribution in [2.45, 2.75) is 6.92 Å². The molecule has 0 unspecified atom stereocenters. The molecule has 0 saturated carbocycles. The number of hydrogen-bond donors (Lipinski definition) is 1. The molecule has 0 atom stereocenters. The van der Waals surface area contributed by atoms with Gasteiger partial charge in [0.1, 0.15) is 18.5 Å². The molecule has 0 aliphatic rings. The van der Waals surface area contributed by atoms with Crippen molar-refractivity contribution in [2.24, 2.45) is 0 Å². The van der Waals surface area contributed by atoms with Gasteiger partial charge in [0.15, 0.2) is 0 Å². The highest BCUT2D eigenvalue weighted by atomic mass is 35.5. The van der Waals surface area contributed by atoms with E-state index >= 15 is 0 Å². The maximum atomic E-state index is 13.2. The second kappa shape index (κ2) is 6.03. The summed E-state index contributed by atoms with van der Waals surface area (Å²) in [4.78, 5) is 5.35. The van der Waals surface area contributed by atoms with E-state index in [0.717, 1.165) is 16.9 Å². The van der Waals surface area contributed by atoms with Crippen molar-refractivity contribution in [2.75, 3.05) is 10.5 Å². The minimum atomic E-state index is -0.294. The predicted molar refractivity (Wildman–Crippen MR) is 84.1 cm³/mol. The molecule has 1 heterocycles. The molecule has 0 radical (unpaired) electrons. The number of hydrogen-bond acceptors (Lipinski definition) is 4. The van der Waals surface area contributed by atoms with Crippen LogP contribution >= 0.6 is 11.6 Å². The summed E-state index contributed by atoms with van der Waals surface area (Å²) in [5.41, 5.74) is 5.66. The van der Waals surface area contributed by atoms with Gasteiger partial charge in [-0.25, -0.2) is 19.9 Å². The van der Waals surface area contributed by atoms with Gasteiger partial charge < -0.3 is 0 Å². The lowest BCUT2D eigenvalue weighted by Gasteiger charge is -2.27. The molecule has 0 fully saturated rings. The summed E-state index contributed by atoms with van der Waals surface area (Å²) >= 11 is 6.02. The van der Waals surface area contributed by atoms with Crippen LogP contribution in [0.3, 0.4) is 0 Å². The molecule has 22 heavy (non-hydrogen) atoms. The summed E-state index contributed by atoms with van der Waals surface area (Å²) in [5, 5.41) is 6.46. The molecule has 1 aromatic heterocycles. The molecule has 112 valence electrons. The van der Waals surface area contributed by atoms with Crippen molar-refractivity contribution in [3.8, 4) is 0 Å². The Morgan fingerprint density at radius 3 is 2.59 bits per heavy atom. The number of aryl methyl sites for hydroxylation is 1. The number of rotatable bonds is 4. The van der Waals surface area contributed by atoms with Crippen molar-refractivity contribution >= 4 is 23.0 Å². The van der Waals surface area contributed by atoms with Crippen LogP contribution in [-0.2, 0) is 0 Å². The van der Waals surface area contributed by atoms with Crippen LogP contribution in [0.25, 0.3) is 0 Å². The smallest absolute Gasteiger partial charge is 0.139 e. The average molecular weight is 318 g/mol. The third-order valence-electron chi connectivity index (χ3n) is 3.11. The second-order valence-electron chi connectivity index (χ2n) is 4.68. The quantitative estimate of drug-likeness (QED) is 0.746. The van der Waals surface area contributed by atoms with Crippen LogP contribution < -0.4 is 10.5 Å². The monoisotopic (exact) mass is 317 g/mol. The molecule has 3 aromatic rings. The Balaban J connectivity index is 2.03. The van der Waals surface area contributed by atoms with Gasteiger partial charge >= 0.3 is 0 Å². The van der Waals surface area contributed by atoms with E-state index in [2.05, 4.69) is 15.6 Å². The summed E-state index contributed by atoms with van der Waals surface area (Å²) in [6.07, 6.45) is 2.95. The zero-order valence-electron chi connectivity index (χ0n) is 11.7. The van der Waals surface area contributed by atoms with Gasteiger partial charge in [-0.1, -0.05) is 11.6 Å². The molecule has 5 nitrogen and oxygen atoms in total. The fourth-order valence-corrected chi connectivity index (χ4v) is 2.30. The van der Waals surface area contributed by atoms with Gasteiger partial charge in [-0.15, -0.1) is 9.89 Å². The van der Waals surface area contributed by atoms with Crippen molar-refractivity contribution < 1.29 is 4.39 Å². The number of benzene rings is 2. The summed E-state index contributed by atoms with van der Waals surface area (Å²) in [5.74, 6) is -0.294. The molecule has 0 amide bonds. The largest absolute Gasteiger partial charge is 0.240 e. The third kappa shape index (κ3) is 3.01. The Labute approximate surface area is 131 Å². The molecule has 1 N–H and O–H groups in total. The number of nitrogens with one attached hydrogen (secondary N) is 1. The first-order valence-corrected chi connectivity index (χ1v) is 6.94. The highest BCUT2D eigenvalue weighted by Crippen LogP contribution is 2.29. The highest BCUT2D eigenvalue weighted by molar-refractivity contribution is 6.30. The van der Waals surface area contributed by atoms with E-state index in [1.165, 1.54) is 29.6 Å². The van der Waals surface area contributed by atoms with Crippen molar-refractivity contribution in [1.82, 2.24) is 14.9 Å². The van der Waals surface area contributed by atoms with Crippen LogP contribution in [0.5, 0.6) is 0 Å². The van der Waals surface area contributed by atoms with Crippen LogP contribution in [0.1, 0.15) is 5.56 Å². The van der Waals surface area contributed by atoms with Gasteiger partial charge in [0, 0.05) is 5.02 Å². The van der Waals surface area contributed by atoms with E-state index < -0.39 is 0 Å². The summed E-state index contributed by atoms with van der Waals surface area (Å²) in [6.45, 7) is 1.95. The molecule has 3 rings (SSSR count). The molecule has 0 aliphatic heterocycles. The van der Waals surface area contributed by atoms with Crippen LogP contribution in [0.15, 0.2) is 55.1 Å². The Hall–Kier alpha value is -2.60. The minimum absolute atomic E-state index is 0.294. The Bertz CT molecular complexity index is 758. The first-order valence-electron chi connectivity index (χ1n) is 6.56. The van der Waals surface area contributed by atoms with Gasteiger partial charge in [-0.05, 0) is 55.0 Å². The van der Waals surface area contributed by atoms with Crippen molar-refractivity contribution in [3.05, 3.63) is 71.5 Å². The number of halogens is 2. The molecular formula is C15H13ClFN5. The zero-order chi connectivity index (χ0) is 15.5. The third-order valence-corrected chi connectivity index (χ3v) is 3.34. The van der Waals surface area contributed by atoms with E-state index in [0.29, 0.717) is 5.02 Å². The van der Waals surface area contributed by atoms with E-state index in [4.69, 9.17) is 11.6 Å². The summed E-state index contributed by atoms with van der Waals surface area (Å²) in [7, 11) is 0. The van der Waals surface area contributed by atoms with Crippen LogP contribution in [0.4, 0.5) is 15.8 Å². The summed E-state index contributed by atoms with van der Waals surface area (Å²) in [6, 6.07) is 11.7. The Kier molecular flexibility index (Phi) is 3.93. The topological polar surface area (TPSA) is 46.0 Å². The van der Waals surface area contributed by atoms with E-state index in [1.807, 2.05) is 19.1 Å². The van der Waals surface area contributed by atoms with Crippen molar-refractivity contribution in [1.29, 1.82) is 0 Å². The standard InChI is InChI=1S/C15H13ClFN5/c1-11-8-12(16)2-7-15(11)22(20-21-10-18-9-19-21)14-5-3-13(17)4-6-14/h2-10,20H,1H3. The lowest BCUT2D eigenvalue weighted by molar-refractivity contribution is 0.627. The normalized spacial score (nSPS) is 10.5. The van der Waals surface area contributed by atoms with Gasteiger partial charge in [0.05, 0.1) is 11.4 Å². The SMILES string of the molecule is Cc1cc(Cl)ccc1N(Nn1cncn1)c1ccc(F)cc1. The Morgan fingerprint density at radius 1 is 1.18 bits per heavy atom. The van der Waals surface area contributed by atoms with E-state index in [-0.39, 0.29) is 5.82 Å². The number of hydrazine groups is 1. The minimum Gasteiger partial charge on any atom is -0.240 e. The highest BCUT2D eigenvalue weighted by Gasteiger charge is 2.13. The first kappa shape index (κ1) is 14.3. The lowest BCUT2D eigenvalue weighted by atomic mass is 10.2. The summed E-state index contributed by atoms with van der Waals surface area (Å²) < 4.78 is 13.2. The van der Waals surface area contributed by atoms with Gasteiger partial charge in [0.2, 0.25) is 0 Å². The van der Waals surface area contributed by atoms with Gasteiger partial charge in [-0.2, -0.15) is 0 Å². The molecule has 0 bridgehead atoms. The zero-order valence-corrected chi connectivity index (χ0v) is 12.5. The second-order valence-corrected chi connectivity index (χ2v) is 5.12. The first-order chi connectivity index (χ1) is 10.6. The van der Waals surface area contributed by atoms with Crippen LogP contribution in [-0.4, -0.2) is 14.9 Å². The average Bonchev–Trinajstić information content (AvgIpc) is 2.99. The fraction of sp³-hybridized carbons (Fsp3) is 0.0667. The maximum absolute atomic E-state index is 13.2. The molecule has 0 saturated heterocycles. The van der Waals surface area contributed by atoms with Gasteiger partial charge in [0.25, 0.3) is 0 Å². The number of aromatic nitrogens is 3. The predicted octanol–water partition coefficient (Wildman–Crippen LogP) is 3.68. The molecule has 0 spiro atoms. The fourth-order valence-electron chi connectivity index (χ4n) is 2.07. The molecular weight excluding hydrogens is 305 g/mol. The van der Waals surface area contributed by atoms with Crippen molar-refractivity contribution in [3.63, 3.8) is 0 Å².